The van der Waals surface area contributed by atoms with E-state index in [-0.39, 0.29) is 12.1 Å². The Balaban J connectivity index is 1.56. The zero-order chi connectivity index (χ0) is 18.8. The number of anilines is 1. The summed E-state index contributed by atoms with van der Waals surface area (Å²) in [5, 5.41) is 2.98. The summed E-state index contributed by atoms with van der Waals surface area (Å²) in [7, 11) is 1.65. The van der Waals surface area contributed by atoms with Gasteiger partial charge in [-0.3, -0.25) is 9.59 Å². The van der Waals surface area contributed by atoms with Gasteiger partial charge in [-0.2, -0.15) is 0 Å². The van der Waals surface area contributed by atoms with Crippen LogP contribution in [-0.2, 0) is 9.59 Å². The van der Waals surface area contributed by atoms with E-state index in [1.54, 1.807) is 16.8 Å². The van der Waals surface area contributed by atoms with E-state index in [1.165, 1.54) is 4.90 Å². The van der Waals surface area contributed by atoms with E-state index < -0.39 is 11.8 Å². The lowest BCUT2D eigenvalue weighted by Crippen LogP contribution is -2.58. The fourth-order valence-corrected chi connectivity index (χ4v) is 3.54. The summed E-state index contributed by atoms with van der Waals surface area (Å²) in [4.78, 5) is 41.5. The highest BCUT2D eigenvalue weighted by atomic mass is 16.2. The third-order valence-electron chi connectivity index (χ3n) is 5.29. The van der Waals surface area contributed by atoms with Crippen molar-refractivity contribution in [3.05, 3.63) is 29.3 Å². The van der Waals surface area contributed by atoms with Crippen LogP contribution in [0.4, 0.5) is 10.5 Å². The number of nitrogens with zero attached hydrogens (tertiary/aromatic N) is 3. The van der Waals surface area contributed by atoms with Gasteiger partial charge in [-0.15, -0.1) is 0 Å². The highest BCUT2D eigenvalue weighted by molar-refractivity contribution is 6.35. The summed E-state index contributed by atoms with van der Waals surface area (Å²) in [5.41, 5.74) is 2.96. The third-order valence-corrected chi connectivity index (χ3v) is 5.29. The van der Waals surface area contributed by atoms with Crippen LogP contribution in [0.25, 0.3) is 0 Å². The van der Waals surface area contributed by atoms with Crippen LogP contribution in [0.2, 0.25) is 0 Å². The van der Waals surface area contributed by atoms with E-state index in [9.17, 15) is 14.4 Å². The van der Waals surface area contributed by atoms with Crippen LogP contribution in [0.3, 0.4) is 0 Å². The van der Waals surface area contributed by atoms with Gasteiger partial charge in [-0.25, -0.2) is 4.79 Å². The van der Waals surface area contributed by atoms with Crippen molar-refractivity contribution >= 4 is 23.5 Å². The first kappa shape index (κ1) is 18.2. The van der Waals surface area contributed by atoms with Crippen LogP contribution in [0.1, 0.15) is 24.0 Å². The summed E-state index contributed by atoms with van der Waals surface area (Å²) < 4.78 is 0. The largest absolute Gasteiger partial charge is 0.336 e. The molecule has 2 fully saturated rings. The number of amides is 4. The molecular formula is C19H26N4O3. The van der Waals surface area contributed by atoms with E-state index in [1.807, 2.05) is 32.0 Å². The lowest BCUT2D eigenvalue weighted by molar-refractivity contribution is -0.157. The number of likely N-dealkylation sites (N-methyl/N-ethyl adjacent to an activating group) is 1. The average Bonchev–Trinajstić information content (AvgIpc) is 2.63. The van der Waals surface area contributed by atoms with Crippen LogP contribution in [-0.4, -0.2) is 71.8 Å². The zero-order valence-corrected chi connectivity index (χ0v) is 15.6. The molecule has 3 rings (SSSR count). The number of carbonyl (C=O) groups excluding carboxylic acids is 3. The number of benzene rings is 1. The van der Waals surface area contributed by atoms with Crippen LogP contribution >= 0.6 is 0 Å². The smallest absolute Gasteiger partial charge is 0.321 e. The van der Waals surface area contributed by atoms with Gasteiger partial charge in [-0.05, 0) is 43.9 Å². The van der Waals surface area contributed by atoms with Gasteiger partial charge in [-0.1, -0.05) is 12.1 Å². The molecule has 2 aliphatic heterocycles. The van der Waals surface area contributed by atoms with E-state index in [0.29, 0.717) is 39.0 Å². The lowest BCUT2D eigenvalue weighted by atomic mass is 10.0. The highest BCUT2D eigenvalue weighted by Gasteiger charge is 2.36. The Kier molecular flexibility index (Phi) is 5.15. The minimum absolute atomic E-state index is 0.0323. The number of nitrogens with one attached hydrogen (secondary N) is 1. The van der Waals surface area contributed by atoms with Gasteiger partial charge in [0.25, 0.3) is 0 Å². The van der Waals surface area contributed by atoms with Gasteiger partial charge in [0.2, 0.25) is 0 Å². The second-order valence-corrected chi connectivity index (χ2v) is 7.19. The topological polar surface area (TPSA) is 73.0 Å². The molecule has 1 aromatic carbocycles. The predicted octanol–water partition coefficient (Wildman–Crippen LogP) is 1.60. The lowest BCUT2D eigenvalue weighted by Gasteiger charge is -2.41. The minimum Gasteiger partial charge on any atom is -0.336 e. The molecule has 0 spiro atoms. The molecule has 7 nitrogen and oxygen atoms in total. The van der Waals surface area contributed by atoms with Gasteiger partial charge >= 0.3 is 17.8 Å². The molecule has 140 valence electrons. The number of likely N-dealkylation sites (tertiary alicyclic amines) is 1. The molecule has 0 aliphatic carbocycles. The fourth-order valence-electron chi connectivity index (χ4n) is 3.54. The number of hydrogen-bond donors (Lipinski definition) is 1. The van der Waals surface area contributed by atoms with E-state index in [4.69, 9.17) is 0 Å². The molecule has 0 bridgehead atoms. The van der Waals surface area contributed by atoms with Crippen molar-refractivity contribution in [3.63, 3.8) is 0 Å². The maximum atomic E-state index is 12.5. The van der Waals surface area contributed by atoms with Crippen LogP contribution in [0, 0.1) is 13.8 Å². The number of rotatable bonds is 2. The molecule has 2 heterocycles. The van der Waals surface area contributed by atoms with E-state index in [0.717, 1.165) is 16.8 Å². The number of urea groups is 1. The molecule has 0 unspecified atom stereocenters. The molecule has 7 heteroatoms. The van der Waals surface area contributed by atoms with E-state index >= 15 is 0 Å². The molecule has 0 atom stereocenters. The molecular weight excluding hydrogens is 332 g/mol. The van der Waals surface area contributed by atoms with Crippen LogP contribution in [0.5, 0.6) is 0 Å². The van der Waals surface area contributed by atoms with Crippen molar-refractivity contribution in [2.45, 2.75) is 32.7 Å². The Morgan fingerprint density at radius 3 is 2.42 bits per heavy atom. The van der Waals surface area contributed by atoms with Crippen molar-refractivity contribution in [1.82, 2.24) is 14.7 Å². The van der Waals surface area contributed by atoms with Gasteiger partial charge in [0.05, 0.1) is 0 Å². The second kappa shape index (κ2) is 7.35. The Morgan fingerprint density at radius 2 is 1.73 bits per heavy atom. The van der Waals surface area contributed by atoms with E-state index in [2.05, 4.69) is 5.32 Å². The summed E-state index contributed by atoms with van der Waals surface area (Å²) in [6.45, 7) is 6.26. The van der Waals surface area contributed by atoms with Crippen LogP contribution < -0.4 is 5.32 Å². The number of hydrogen-bond acceptors (Lipinski definition) is 3. The highest BCUT2D eigenvalue weighted by Crippen LogP contribution is 2.21. The van der Waals surface area contributed by atoms with Gasteiger partial charge in [0.15, 0.2) is 0 Å². The molecule has 2 aliphatic rings. The quantitative estimate of drug-likeness (QED) is 0.816. The first-order valence-corrected chi connectivity index (χ1v) is 9.06. The van der Waals surface area contributed by atoms with Crippen LogP contribution in [0.15, 0.2) is 18.2 Å². The van der Waals surface area contributed by atoms with Crippen molar-refractivity contribution < 1.29 is 14.4 Å². The molecule has 4 amide bonds. The molecule has 0 saturated carbocycles. The van der Waals surface area contributed by atoms with Gasteiger partial charge in [0, 0.05) is 45.0 Å². The Bertz CT molecular complexity index is 725. The minimum atomic E-state index is -0.439. The Labute approximate surface area is 153 Å². The first-order chi connectivity index (χ1) is 12.4. The summed E-state index contributed by atoms with van der Waals surface area (Å²) in [6, 6.07) is 5.90. The fraction of sp³-hybridized carbons (Fsp3) is 0.526. The summed E-state index contributed by atoms with van der Waals surface area (Å²) >= 11 is 0. The van der Waals surface area contributed by atoms with Crippen molar-refractivity contribution in [2.24, 2.45) is 0 Å². The maximum absolute atomic E-state index is 12.5. The average molecular weight is 358 g/mol. The monoisotopic (exact) mass is 358 g/mol. The zero-order valence-electron chi connectivity index (χ0n) is 15.6. The van der Waals surface area contributed by atoms with Crippen molar-refractivity contribution in [1.29, 1.82) is 0 Å². The summed E-state index contributed by atoms with van der Waals surface area (Å²) in [5.74, 6) is -0.858. The van der Waals surface area contributed by atoms with Gasteiger partial charge in [0.1, 0.15) is 0 Å². The number of piperidine rings is 1. The molecule has 0 radical (unpaired) electrons. The standard InChI is InChI=1S/C19H26N4O3/c1-13-4-5-14(2)16(12-13)20-19(26)22-8-6-15(7-9-22)23-11-10-21(3)17(24)18(23)25/h4-5,12,15H,6-11H2,1-3H3,(H,20,26). The van der Waals surface area contributed by atoms with Crippen molar-refractivity contribution in [2.75, 3.05) is 38.5 Å². The Hall–Kier alpha value is -2.57. The maximum Gasteiger partial charge on any atom is 0.321 e. The number of piperazine rings is 1. The summed E-state index contributed by atoms with van der Waals surface area (Å²) in [6.07, 6.45) is 1.39. The molecule has 26 heavy (non-hydrogen) atoms. The molecule has 0 aromatic heterocycles. The van der Waals surface area contributed by atoms with Crippen molar-refractivity contribution in [3.8, 4) is 0 Å². The third kappa shape index (κ3) is 3.66. The van der Waals surface area contributed by atoms with Gasteiger partial charge < -0.3 is 20.0 Å². The molecule has 2 saturated heterocycles. The normalized spacial score (nSPS) is 19.1. The SMILES string of the molecule is Cc1ccc(C)c(NC(=O)N2CCC(N3CCN(C)C(=O)C3=O)CC2)c1. The Morgan fingerprint density at radius 1 is 1.04 bits per heavy atom. The molecule has 1 N–H and O–H groups in total. The number of aryl methyl sites for hydroxylation is 2. The molecule has 1 aromatic rings. The first-order valence-electron chi connectivity index (χ1n) is 9.06. The second-order valence-electron chi connectivity index (χ2n) is 7.19. The number of carbonyl (C=O) groups is 3. The predicted molar refractivity (Wildman–Crippen MR) is 98.9 cm³/mol.